The van der Waals surface area contributed by atoms with Crippen molar-refractivity contribution in [3.63, 3.8) is 0 Å². The number of pyridine rings is 1. The maximum absolute atomic E-state index is 13.4. The molecule has 0 amide bonds. The van der Waals surface area contributed by atoms with Gasteiger partial charge in [0, 0.05) is 24.5 Å². The number of hydrogen-bond donors (Lipinski definition) is 2. The van der Waals surface area contributed by atoms with Gasteiger partial charge in [-0.3, -0.25) is 4.98 Å². The molecular formula is C21H20N2O4S. The molecule has 0 radical (unpaired) electrons. The number of aliphatic hydroxyl groups excluding tert-OH is 1. The Balaban J connectivity index is 1.81. The molecule has 28 heavy (non-hydrogen) atoms. The number of phenols is 1. The number of benzene rings is 2. The summed E-state index contributed by atoms with van der Waals surface area (Å²) >= 11 is 0. The summed E-state index contributed by atoms with van der Waals surface area (Å²) < 4.78 is 28.1. The van der Waals surface area contributed by atoms with Crippen molar-refractivity contribution in [1.82, 2.24) is 9.29 Å². The molecule has 6 nitrogen and oxygen atoms in total. The molecule has 0 bridgehead atoms. The highest BCUT2D eigenvalue weighted by Crippen LogP contribution is 2.39. The van der Waals surface area contributed by atoms with Crippen LogP contribution in [-0.2, 0) is 23.0 Å². The van der Waals surface area contributed by atoms with Crippen molar-refractivity contribution in [2.75, 3.05) is 0 Å². The summed E-state index contributed by atoms with van der Waals surface area (Å²) in [5, 5.41) is 21.2. The van der Waals surface area contributed by atoms with Gasteiger partial charge < -0.3 is 10.2 Å². The predicted molar refractivity (Wildman–Crippen MR) is 104 cm³/mol. The van der Waals surface area contributed by atoms with Crippen LogP contribution in [0, 0.1) is 0 Å². The van der Waals surface area contributed by atoms with Crippen molar-refractivity contribution < 1.29 is 18.6 Å². The Kier molecular flexibility index (Phi) is 4.89. The molecule has 2 heterocycles. The average molecular weight is 396 g/mol. The minimum atomic E-state index is -3.83. The molecule has 0 saturated carbocycles. The lowest BCUT2D eigenvalue weighted by Crippen LogP contribution is -2.48. The first-order chi connectivity index (χ1) is 13.5. The van der Waals surface area contributed by atoms with E-state index in [-0.39, 0.29) is 23.6 Å². The van der Waals surface area contributed by atoms with Crippen molar-refractivity contribution in [1.29, 1.82) is 0 Å². The number of aromatic hydroxyl groups is 1. The summed E-state index contributed by atoms with van der Waals surface area (Å²) in [4.78, 5) is 4.17. The second kappa shape index (κ2) is 7.35. The van der Waals surface area contributed by atoms with E-state index in [1.807, 2.05) is 0 Å². The van der Waals surface area contributed by atoms with Gasteiger partial charge in [-0.05, 0) is 35.7 Å². The van der Waals surface area contributed by atoms with E-state index in [0.29, 0.717) is 11.1 Å². The van der Waals surface area contributed by atoms with Gasteiger partial charge in [-0.15, -0.1) is 0 Å². The summed E-state index contributed by atoms with van der Waals surface area (Å²) in [6, 6.07) is 16.1. The molecule has 0 spiro atoms. The van der Waals surface area contributed by atoms with Gasteiger partial charge >= 0.3 is 0 Å². The Morgan fingerprint density at radius 1 is 1.00 bits per heavy atom. The molecule has 0 saturated heterocycles. The van der Waals surface area contributed by atoms with Gasteiger partial charge in [0.2, 0.25) is 10.0 Å². The monoisotopic (exact) mass is 396 g/mol. The van der Waals surface area contributed by atoms with Gasteiger partial charge in [-0.2, -0.15) is 4.31 Å². The average Bonchev–Trinajstić information content (AvgIpc) is 2.71. The molecule has 1 aliphatic rings. The SMILES string of the molecule is O=S1(=O)c2ccccc2[C@@H](O)[C@H](Cc2ccccc2O)N1Cc1cccnc1. The number of rotatable bonds is 4. The van der Waals surface area contributed by atoms with E-state index in [9.17, 15) is 18.6 Å². The van der Waals surface area contributed by atoms with E-state index in [2.05, 4.69) is 4.98 Å². The number of para-hydroxylation sites is 1. The number of nitrogens with zero attached hydrogens (tertiary/aromatic N) is 2. The number of hydrogen-bond acceptors (Lipinski definition) is 5. The van der Waals surface area contributed by atoms with Gasteiger partial charge in [0.15, 0.2) is 0 Å². The fourth-order valence-electron chi connectivity index (χ4n) is 3.63. The van der Waals surface area contributed by atoms with Crippen LogP contribution < -0.4 is 0 Å². The lowest BCUT2D eigenvalue weighted by Gasteiger charge is -2.39. The number of phenolic OH excluding ortho intramolecular Hbond substituents is 1. The molecule has 3 aromatic rings. The molecule has 0 unspecified atom stereocenters. The molecule has 1 aliphatic heterocycles. The Labute approximate surface area is 163 Å². The number of aromatic nitrogens is 1. The van der Waals surface area contributed by atoms with Crippen molar-refractivity contribution in [3.05, 3.63) is 89.7 Å². The van der Waals surface area contributed by atoms with Crippen molar-refractivity contribution in [3.8, 4) is 5.75 Å². The fraction of sp³-hybridized carbons (Fsp3) is 0.190. The number of fused-ring (bicyclic) bond motifs is 1. The zero-order valence-corrected chi connectivity index (χ0v) is 15.8. The molecule has 2 N–H and O–H groups in total. The van der Waals surface area contributed by atoms with Crippen LogP contribution in [0.2, 0.25) is 0 Å². The lowest BCUT2D eigenvalue weighted by atomic mass is 9.95. The Bertz CT molecular complexity index is 1090. The molecule has 2 aromatic carbocycles. The molecular weight excluding hydrogens is 376 g/mol. The maximum Gasteiger partial charge on any atom is 0.244 e. The Morgan fingerprint density at radius 2 is 1.75 bits per heavy atom. The quantitative estimate of drug-likeness (QED) is 0.708. The summed E-state index contributed by atoms with van der Waals surface area (Å²) in [5.74, 6) is 0.0762. The zero-order valence-electron chi connectivity index (χ0n) is 15.0. The molecule has 0 aliphatic carbocycles. The second-order valence-corrected chi connectivity index (χ2v) is 8.65. The second-order valence-electron chi connectivity index (χ2n) is 6.79. The topological polar surface area (TPSA) is 90.7 Å². The summed E-state index contributed by atoms with van der Waals surface area (Å²) in [7, 11) is -3.83. The molecule has 1 aromatic heterocycles. The highest BCUT2D eigenvalue weighted by atomic mass is 32.2. The first-order valence-electron chi connectivity index (χ1n) is 8.93. The summed E-state index contributed by atoms with van der Waals surface area (Å²) in [5.41, 5.74) is 1.68. The van der Waals surface area contributed by atoms with E-state index < -0.39 is 22.2 Å². The van der Waals surface area contributed by atoms with Crippen LogP contribution in [0.3, 0.4) is 0 Å². The minimum absolute atomic E-state index is 0.0762. The van der Waals surface area contributed by atoms with Crippen LogP contribution in [0.15, 0.2) is 78.0 Å². The van der Waals surface area contributed by atoms with E-state index in [0.717, 1.165) is 5.56 Å². The summed E-state index contributed by atoms with van der Waals surface area (Å²) in [6.45, 7) is 0.0832. The van der Waals surface area contributed by atoms with E-state index in [1.165, 1.54) is 10.4 Å². The fourth-order valence-corrected chi connectivity index (χ4v) is 5.48. The molecule has 144 valence electrons. The third-order valence-corrected chi connectivity index (χ3v) is 6.99. The number of sulfonamides is 1. The first-order valence-corrected chi connectivity index (χ1v) is 10.4. The van der Waals surface area contributed by atoms with Gasteiger partial charge in [-0.25, -0.2) is 8.42 Å². The van der Waals surface area contributed by atoms with Crippen LogP contribution in [0.25, 0.3) is 0 Å². The zero-order chi connectivity index (χ0) is 19.7. The van der Waals surface area contributed by atoms with Gasteiger partial charge in [0.1, 0.15) is 5.75 Å². The van der Waals surface area contributed by atoms with Crippen molar-refractivity contribution >= 4 is 10.0 Å². The third kappa shape index (κ3) is 3.28. The predicted octanol–water partition coefficient (Wildman–Crippen LogP) is 2.64. The summed E-state index contributed by atoms with van der Waals surface area (Å²) in [6.07, 6.45) is 2.40. The van der Waals surface area contributed by atoms with Gasteiger partial charge in [0.25, 0.3) is 0 Å². The molecule has 4 rings (SSSR count). The van der Waals surface area contributed by atoms with Crippen LogP contribution in [0.5, 0.6) is 5.75 Å². The first kappa shape index (κ1) is 18.6. The Morgan fingerprint density at radius 3 is 2.50 bits per heavy atom. The highest BCUT2D eigenvalue weighted by molar-refractivity contribution is 7.89. The van der Waals surface area contributed by atoms with Gasteiger partial charge in [0.05, 0.1) is 17.0 Å². The van der Waals surface area contributed by atoms with E-state index in [1.54, 1.807) is 67.0 Å². The smallest absolute Gasteiger partial charge is 0.244 e. The van der Waals surface area contributed by atoms with E-state index >= 15 is 0 Å². The highest BCUT2D eigenvalue weighted by Gasteiger charge is 2.43. The molecule has 0 fully saturated rings. The van der Waals surface area contributed by atoms with E-state index in [4.69, 9.17) is 0 Å². The van der Waals surface area contributed by atoms with Crippen LogP contribution in [-0.4, -0.2) is 34.0 Å². The van der Waals surface area contributed by atoms with Crippen LogP contribution in [0.1, 0.15) is 22.8 Å². The maximum atomic E-state index is 13.4. The van der Waals surface area contributed by atoms with Crippen molar-refractivity contribution in [2.24, 2.45) is 0 Å². The standard InChI is InChI=1S/C21H20N2O4S/c24-19-9-3-1-7-16(19)12-18-21(25)17-8-2-4-10-20(17)28(26,27)23(18)14-15-6-5-11-22-13-15/h1-11,13,18,21,24-25H,12,14H2/t18-,21+/m0/s1. The van der Waals surface area contributed by atoms with Crippen LogP contribution >= 0.6 is 0 Å². The largest absolute Gasteiger partial charge is 0.508 e. The number of aliphatic hydroxyl groups is 1. The van der Waals surface area contributed by atoms with Gasteiger partial charge in [-0.1, -0.05) is 42.5 Å². The lowest BCUT2D eigenvalue weighted by molar-refractivity contribution is 0.0766. The minimum Gasteiger partial charge on any atom is -0.508 e. The molecule has 7 heteroatoms. The Hall–Kier alpha value is -2.74. The van der Waals surface area contributed by atoms with Crippen LogP contribution in [0.4, 0.5) is 0 Å². The van der Waals surface area contributed by atoms with Crippen molar-refractivity contribution in [2.45, 2.75) is 30.0 Å². The third-order valence-electron chi connectivity index (χ3n) is 5.04. The normalized spacial score (nSPS) is 21.2. The molecule has 2 atom stereocenters.